The summed E-state index contributed by atoms with van der Waals surface area (Å²) in [5, 5.41) is 10.9. The fraction of sp³-hybridized carbons (Fsp3) is 0.136. The Labute approximate surface area is 175 Å². The van der Waals surface area contributed by atoms with Crippen LogP contribution in [0.25, 0.3) is 5.76 Å². The number of hydrogen-bond acceptors (Lipinski definition) is 5. The summed E-state index contributed by atoms with van der Waals surface area (Å²) in [6.45, 7) is 1.97. The Hall–Kier alpha value is -3.19. The van der Waals surface area contributed by atoms with Crippen LogP contribution in [0.1, 0.15) is 28.7 Å². The number of ketones is 1. The van der Waals surface area contributed by atoms with Crippen molar-refractivity contribution in [3.63, 3.8) is 0 Å². The third-order valence-corrected chi connectivity index (χ3v) is 5.32. The van der Waals surface area contributed by atoms with Crippen LogP contribution in [0.4, 0.5) is 0 Å². The largest absolute Gasteiger partial charge is 0.507 e. The van der Waals surface area contributed by atoms with E-state index in [1.807, 2.05) is 0 Å². The number of aliphatic hydroxyl groups excluding tert-OH is 1. The quantitative estimate of drug-likeness (QED) is 0.361. The van der Waals surface area contributed by atoms with Crippen LogP contribution in [0.2, 0.25) is 0 Å². The third kappa shape index (κ3) is 3.61. The number of aromatic nitrogens is 1. The molecule has 1 aromatic carbocycles. The number of carbonyl (C=O) groups is 2. The number of likely N-dealkylation sites (tertiary alicyclic amines) is 1. The van der Waals surface area contributed by atoms with Gasteiger partial charge < -0.3 is 14.4 Å². The number of amides is 1. The van der Waals surface area contributed by atoms with Gasteiger partial charge in [0.05, 0.1) is 5.57 Å². The standard InChI is InChI=1S/C22H17BrN2O4/c1-13-2-7-17(29-13)19-18(20(26)15-3-5-16(23)6-4-15)21(27)22(28)25(19)12-14-8-10-24-11-9-14/h2-11,19,26H,12H2,1H3/b20-18-. The molecule has 4 rings (SSSR count). The molecule has 29 heavy (non-hydrogen) atoms. The normalized spacial score (nSPS) is 18.4. The first kappa shape index (κ1) is 19.1. The van der Waals surface area contributed by atoms with Crippen LogP contribution < -0.4 is 0 Å². The zero-order chi connectivity index (χ0) is 20.5. The number of benzene rings is 1. The number of hydrogen-bond donors (Lipinski definition) is 1. The lowest BCUT2D eigenvalue weighted by Crippen LogP contribution is -2.29. The Morgan fingerprint density at radius 1 is 1.10 bits per heavy atom. The molecule has 7 heteroatoms. The number of carbonyl (C=O) groups excluding carboxylic acids is 2. The predicted octanol–water partition coefficient (Wildman–Crippen LogP) is 4.37. The molecule has 2 aromatic heterocycles. The van der Waals surface area contributed by atoms with Gasteiger partial charge in [-0.05, 0) is 48.9 Å². The van der Waals surface area contributed by atoms with Gasteiger partial charge in [0.25, 0.3) is 11.7 Å². The average Bonchev–Trinajstić information content (AvgIpc) is 3.25. The maximum atomic E-state index is 12.9. The van der Waals surface area contributed by atoms with Gasteiger partial charge in [0, 0.05) is 29.0 Å². The lowest BCUT2D eigenvalue weighted by molar-refractivity contribution is -0.140. The van der Waals surface area contributed by atoms with Gasteiger partial charge in [-0.1, -0.05) is 28.1 Å². The minimum atomic E-state index is -0.819. The summed E-state index contributed by atoms with van der Waals surface area (Å²) in [5.74, 6) is -0.572. The predicted molar refractivity (Wildman–Crippen MR) is 110 cm³/mol. The van der Waals surface area contributed by atoms with Crippen LogP contribution in [0.5, 0.6) is 0 Å². The number of furan rings is 1. The molecule has 0 spiro atoms. The molecule has 1 aliphatic heterocycles. The van der Waals surface area contributed by atoms with Crippen LogP contribution in [-0.4, -0.2) is 26.7 Å². The highest BCUT2D eigenvalue weighted by Gasteiger charge is 2.47. The molecule has 1 aliphatic rings. The van der Waals surface area contributed by atoms with Gasteiger partial charge in [-0.2, -0.15) is 0 Å². The Bertz CT molecular complexity index is 1100. The Morgan fingerprint density at radius 3 is 2.41 bits per heavy atom. The van der Waals surface area contributed by atoms with E-state index in [-0.39, 0.29) is 17.9 Å². The maximum absolute atomic E-state index is 12.9. The number of nitrogens with zero attached hydrogens (tertiary/aromatic N) is 2. The highest BCUT2D eigenvalue weighted by molar-refractivity contribution is 9.10. The van der Waals surface area contributed by atoms with Crippen molar-refractivity contribution in [3.05, 3.63) is 93.6 Å². The summed E-state index contributed by atoms with van der Waals surface area (Å²) in [6.07, 6.45) is 3.25. The first-order chi connectivity index (χ1) is 14.0. The molecule has 3 aromatic rings. The molecule has 0 aliphatic carbocycles. The Kier molecular flexibility index (Phi) is 5.07. The van der Waals surface area contributed by atoms with E-state index in [9.17, 15) is 14.7 Å². The van der Waals surface area contributed by atoms with Gasteiger partial charge in [-0.3, -0.25) is 14.6 Å². The molecule has 1 amide bonds. The molecule has 1 N–H and O–H groups in total. The van der Waals surface area contributed by atoms with Crippen LogP contribution >= 0.6 is 15.9 Å². The van der Waals surface area contributed by atoms with Gasteiger partial charge in [-0.15, -0.1) is 0 Å². The number of rotatable bonds is 4. The van der Waals surface area contributed by atoms with Gasteiger partial charge in [0.2, 0.25) is 0 Å². The first-order valence-electron chi connectivity index (χ1n) is 8.95. The Morgan fingerprint density at radius 2 is 1.79 bits per heavy atom. The fourth-order valence-corrected chi connectivity index (χ4v) is 3.65. The molecule has 1 saturated heterocycles. The Balaban J connectivity index is 1.84. The summed E-state index contributed by atoms with van der Waals surface area (Å²) < 4.78 is 6.59. The first-order valence-corrected chi connectivity index (χ1v) is 9.74. The zero-order valence-electron chi connectivity index (χ0n) is 15.5. The van der Waals surface area contributed by atoms with Crippen molar-refractivity contribution < 1.29 is 19.1 Å². The molecular weight excluding hydrogens is 436 g/mol. The van der Waals surface area contributed by atoms with Gasteiger partial charge >= 0.3 is 0 Å². The topological polar surface area (TPSA) is 83.6 Å². The molecule has 3 heterocycles. The van der Waals surface area contributed by atoms with E-state index in [0.717, 1.165) is 10.0 Å². The SMILES string of the molecule is Cc1ccc(C2/C(=C(/O)c3ccc(Br)cc3)C(=O)C(=O)N2Cc2ccncc2)o1. The van der Waals surface area contributed by atoms with Gasteiger partial charge in [-0.25, -0.2) is 0 Å². The zero-order valence-corrected chi connectivity index (χ0v) is 17.1. The molecule has 0 bridgehead atoms. The van der Waals surface area contributed by atoms with Crippen molar-refractivity contribution in [2.75, 3.05) is 0 Å². The van der Waals surface area contributed by atoms with E-state index in [0.29, 0.717) is 17.1 Å². The third-order valence-electron chi connectivity index (χ3n) is 4.79. The maximum Gasteiger partial charge on any atom is 0.296 e. The van der Waals surface area contributed by atoms with E-state index < -0.39 is 17.7 Å². The van der Waals surface area contributed by atoms with Crippen molar-refractivity contribution in [1.82, 2.24) is 9.88 Å². The molecule has 6 nitrogen and oxygen atoms in total. The monoisotopic (exact) mass is 452 g/mol. The molecule has 1 unspecified atom stereocenters. The molecule has 1 fully saturated rings. The second kappa shape index (κ2) is 7.67. The van der Waals surface area contributed by atoms with E-state index >= 15 is 0 Å². The number of aliphatic hydroxyl groups is 1. The summed E-state index contributed by atoms with van der Waals surface area (Å²) in [4.78, 5) is 31.2. The lowest BCUT2D eigenvalue weighted by Gasteiger charge is -2.23. The van der Waals surface area contributed by atoms with E-state index in [2.05, 4.69) is 20.9 Å². The average molecular weight is 453 g/mol. The minimum absolute atomic E-state index is 0.0146. The van der Waals surface area contributed by atoms with Crippen molar-refractivity contribution >= 4 is 33.4 Å². The van der Waals surface area contributed by atoms with Crippen LogP contribution in [0.3, 0.4) is 0 Å². The number of halogens is 1. The molecule has 146 valence electrons. The van der Waals surface area contributed by atoms with Gasteiger partial charge in [0.15, 0.2) is 0 Å². The summed E-state index contributed by atoms with van der Waals surface area (Å²) in [7, 11) is 0. The molecule has 0 radical (unpaired) electrons. The lowest BCUT2D eigenvalue weighted by atomic mass is 9.99. The highest BCUT2D eigenvalue weighted by atomic mass is 79.9. The molecule has 1 atom stereocenters. The van der Waals surface area contributed by atoms with Crippen LogP contribution in [-0.2, 0) is 16.1 Å². The van der Waals surface area contributed by atoms with Crippen molar-refractivity contribution in [2.24, 2.45) is 0 Å². The summed E-state index contributed by atoms with van der Waals surface area (Å²) in [5.41, 5.74) is 1.28. The van der Waals surface area contributed by atoms with E-state index in [1.54, 1.807) is 67.8 Å². The van der Waals surface area contributed by atoms with Crippen LogP contribution in [0.15, 0.2) is 75.4 Å². The summed E-state index contributed by atoms with van der Waals surface area (Å²) in [6, 6.07) is 13.1. The van der Waals surface area contributed by atoms with Crippen molar-refractivity contribution in [1.29, 1.82) is 0 Å². The second-order valence-electron chi connectivity index (χ2n) is 6.74. The van der Waals surface area contributed by atoms with Crippen molar-refractivity contribution in [3.8, 4) is 0 Å². The summed E-state index contributed by atoms with van der Waals surface area (Å²) >= 11 is 3.35. The minimum Gasteiger partial charge on any atom is -0.507 e. The van der Waals surface area contributed by atoms with E-state index in [4.69, 9.17) is 4.42 Å². The van der Waals surface area contributed by atoms with E-state index in [1.165, 1.54) is 4.90 Å². The van der Waals surface area contributed by atoms with Crippen LogP contribution in [0, 0.1) is 6.92 Å². The molecule has 0 saturated carbocycles. The second-order valence-corrected chi connectivity index (χ2v) is 7.65. The van der Waals surface area contributed by atoms with Crippen molar-refractivity contribution in [2.45, 2.75) is 19.5 Å². The fourth-order valence-electron chi connectivity index (χ4n) is 3.39. The van der Waals surface area contributed by atoms with Gasteiger partial charge in [0.1, 0.15) is 23.3 Å². The molecular formula is C22H17BrN2O4. The number of pyridine rings is 1. The number of aryl methyl sites for hydroxylation is 1. The highest BCUT2D eigenvalue weighted by Crippen LogP contribution is 2.40. The smallest absolute Gasteiger partial charge is 0.296 e. The number of Topliss-reactive ketones (excluding diaryl/α,β-unsaturated/α-hetero) is 1.